The third kappa shape index (κ3) is 5.80. The van der Waals surface area contributed by atoms with E-state index in [0.717, 1.165) is 17.5 Å². The van der Waals surface area contributed by atoms with Crippen LogP contribution >= 0.6 is 25.0 Å². The van der Waals surface area contributed by atoms with E-state index < -0.39 is 13.3 Å². The molecule has 0 amide bonds. The predicted molar refractivity (Wildman–Crippen MR) is 102 cm³/mol. The van der Waals surface area contributed by atoms with Gasteiger partial charge < -0.3 is 18.1 Å². The van der Waals surface area contributed by atoms with Gasteiger partial charge in [0.05, 0.1) is 26.4 Å². The van der Waals surface area contributed by atoms with E-state index in [-0.39, 0.29) is 0 Å². The van der Waals surface area contributed by atoms with Crippen LogP contribution in [0.25, 0.3) is 0 Å². The largest absolute Gasteiger partial charge is 0.314 e. The Labute approximate surface area is 147 Å². The molecule has 1 rings (SSSR count). The Kier molecular flexibility index (Phi) is 9.61. The Balaban J connectivity index is 3.08. The van der Waals surface area contributed by atoms with Crippen molar-refractivity contribution < 1.29 is 18.1 Å². The lowest BCUT2D eigenvalue weighted by molar-refractivity contribution is 0.240. The maximum absolute atomic E-state index is 5.75. The SMILES string of the molecule is CCOP(=S)(N=C1SCCN1P(=S)(OCC)OCC)OCC. The molecule has 0 aromatic carbocycles. The summed E-state index contributed by atoms with van der Waals surface area (Å²) in [7, 11) is 0. The zero-order valence-corrected chi connectivity index (χ0v) is 17.6. The minimum absolute atomic E-state index is 0.462. The van der Waals surface area contributed by atoms with Crippen LogP contribution in [0.15, 0.2) is 4.76 Å². The Bertz CT molecular complexity index is 458. The van der Waals surface area contributed by atoms with Gasteiger partial charge >= 0.3 is 6.64 Å². The number of hydrogen-bond donors (Lipinski definition) is 0. The monoisotopic (exact) mass is 406 g/mol. The molecule has 0 radical (unpaired) electrons. The average Bonchev–Trinajstić information content (AvgIpc) is 2.88. The zero-order chi connectivity index (χ0) is 16.6. The molecule has 22 heavy (non-hydrogen) atoms. The summed E-state index contributed by atoms with van der Waals surface area (Å²) in [5.74, 6) is 0.866. The van der Waals surface area contributed by atoms with E-state index in [2.05, 4.69) is 4.76 Å². The summed E-state index contributed by atoms with van der Waals surface area (Å²) in [5, 5.41) is 0.718. The number of amidine groups is 1. The number of hydrogen-bond acceptors (Lipinski definition) is 7. The second kappa shape index (κ2) is 10.1. The molecule has 0 spiro atoms. The summed E-state index contributed by atoms with van der Waals surface area (Å²) in [4.78, 5) is 0. The molecule has 130 valence electrons. The highest BCUT2D eigenvalue weighted by molar-refractivity contribution is 8.17. The van der Waals surface area contributed by atoms with Crippen LogP contribution in [0, 0.1) is 0 Å². The Hall–Kier alpha value is 0.960. The van der Waals surface area contributed by atoms with Crippen molar-refractivity contribution in [3.8, 4) is 0 Å². The van der Waals surface area contributed by atoms with Crippen LogP contribution in [-0.2, 0) is 41.7 Å². The van der Waals surface area contributed by atoms with Gasteiger partial charge in [-0.1, -0.05) is 11.8 Å². The molecule has 1 heterocycles. The van der Waals surface area contributed by atoms with Crippen LogP contribution in [-0.4, -0.2) is 48.6 Å². The third-order valence-electron chi connectivity index (χ3n) is 2.43. The molecule has 6 nitrogen and oxygen atoms in total. The Morgan fingerprint density at radius 1 is 1.00 bits per heavy atom. The molecule has 0 unspecified atom stereocenters. The van der Waals surface area contributed by atoms with E-state index in [9.17, 15) is 0 Å². The first kappa shape index (κ1) is 21.0. The van der Waals surface area contributed by atoms with Crippen LogP contribution in [0.5, 0.6) is 0 Å². The minimum Gasteiger partial charge on any atom is -0.314 e. The first-order chi connectivity index (χ1) is 10.4. The van der Waals surface area contributed by atoms with Gasteiger partial charge in [-0.05, 0) is 51.3 Å². The standard InChI is InChI=1S/C11H24N2O4P2S3/c1-5-14-18(20,15-6-2)12-11-13(9-10-22-11)19(21,16-7-3)17-8-4/h5-10H2,1-4H3. The van der Waals surface area contributed by atoms with Crippen LogP contribution in [0.4, 0.5) is 0 Å². The third-order valence-corrected chi connectivity index (χ3v) is 9.51. The minimum atomic E-state index is -2.69. The smallest absolute Gasteiger partial charge is 0.311 e. The average molecular weight is 406 g/mol. The normalized spacial score (nSPS) is 18.4. The van der Waals surface area contributed by atoms with Crippen molar-refractivity contribution in [2.24, 2.45) is 4.76 Å². The van der Waals surface area contributed by atoms with Gasteiger partial charge in [0, 0.05) is 12.3 Å². The van der Waals surface area contributed by atoms with Gasteiger partial charge in [0.25, 0.3) is 6.64 Å². The first-order valence-corrected chi connectivity index (χ1v) is 13.4. The first-order valence-electron chi connectivity index (χ1n) is 7.23. The van der Waals surface area contributed by atoms with E-state index in [0.29, 0.717) is 26.4 Å². The van der Waals surface area contributed by atoms with Gasteiger partial charge in [-0.25, -0.2) is 0 Å². The quantitative estimate of drug-likeness (QED) is 0.505. The molecule has 0 N–H and O–H groups in total. The van der Waals surface area contributed by atoms with Gasteiger partial charge in [-0.15, -0.1) is 0 Å². The highest BCUT2D eigenvalue weighted by Gasteiger charge is 2.36. The molecular formula is C11H24N2O4P2S3. The molecule has 1 aliphatic rings. The molecule has 0 aliphatic carbocycles. The molecule has 1 saturated heterocycles. The summed E-state index contributed by atoms with van der Waals surface area (Å²) in [6, 6.07) is 0. The van der Waals surface area contributed by atoms with Crippen molar-refractivity contribution >= 4 is 53.8 Å². The summed E-state index contributed by atoms with van der Waals surface area (Å²) < 4.78 is 29.2. The number of thioether (sulfide) groups is 1. The van der Waals surface area contributed by atoms with E-state index in [1.165, 1.54) is 0 Å². The van der Waals surface area contributed by atoms with E-state index in [4.69, 9.17) is 41.7 Å². The summed E-state index contributed by atoms with van der Waals surface area (Å²) in [6.07, 6.45) is 0. The zero-order valence-electron chi connectivity index (χ0n) is 13.4. The summed E-state index contributed by atoms with van der Waals surface area (Å²) >= 11 is 12.7. The Morgan fingerprint density at radius 3 is 1.95 bits per heavy atom. The molecule has 0 saturated carbocycles. The summed E-state index contributed by atoms with van der Waals surface area (Å²) in [5.41, 5.74) is 0. The summed E-state index contributed by atoms with van der Waals surface area (Å²) in [6.45, 7) is 4.96. The molecule has 0 atom stereocenters. The maximum Gasteiger partial charge on any atom is 0.311 e. The van der Waals surface area contributed by atoms with Gasteiger partial charge in [0.1, 0.15) is 0 Å². The second-order valence-electron chi connectivity index (χ2n) is 3.96. The van der Waals surface area contributed by atoms with Crippen LogP contribution < -0.4 is 0 Å². The molecular weight excluding hydrogens is 382 g/mol. The van der Waals surface area contributed by atoms with Gasteiger partial charge in [0.2, 0.25) is 0 Å². The molecule has 0 aromatic rings. The molecule has 1 fully saturated rings. The highest BCUT2D eigenvalue weighted by Crippen LogP contribution is 2.58. The van der Waals surface area contributed by atoms with E-state index >= 15 is 0 Å². The lowest BCUT2D eigenvalue weighted by Crippen LogP contribution is -2.24. The molecule has 11 heteroatoms. The van der Waals surface area contributed by atoms with Crippen molar-refractivity contribution in [1.82, 2.24) is 4.67 Å². The lowest BCUT2D eigenvalue weighted by Gasteiger charge is -2.31. The van der Waals surface area contributed by atoms with Crippen molar-refractivity contribution in [2.45, 2.75) is 27.7 Å². The van der Waals surface area contributed by atoms with Crippen molar-refractivity contribution in [3.05, 3.63) is 0 Å². The van der Waals surface area contributed by atoms with Gasteiger partial charge in [-0.2, -0.15) is 4.76 Å². The van der Waals surface area contributed by atoms with E-state index in [1.807, 2.05) is 32.4 Å². The van der Waals surface area contributed by atoms with Crippen LogP contribution in [0.2, 0.25) is 0 Å². The van der Waals surface area contributed by atoms with Crippen LogP contribution in [0.3, 0.4) is 0 Å². The molecule has 1 aliphatic heterocycles. The van der Waals surface area contributed by atoms with Crippen molar-refractivity contribution in [1.29, 1.82) is 0 Å². The lowest BCUT2D eigenvalue weighted by atomic mass is 10.8. The molecule has 0 aromatic heterocycles. The second-order valence-corrected chi connectivity index (χ2v) is 11.4. The number of nitrogens with zero attached hydrogens (tertiary/aromatic N) is 2. The maximum atomic E-state index is 5.75. The van der Waals surface area contributed by atoms with Crippen molar-refractivity contribution in [2.75, 3.05) is 38.7 Å². The van der Waals surface area contributed by atoms with E-state index in [1.54, 1.807) is 11.8 Å². The highest BCUT2D eigenvalue weighted by atomic mass is 32.5. The van der Waals surface area contributed by atoms with Gasteiger partial charge in [-0.3, -0.25) is 4.67 Å². The predicted octanol–water partition coefficient (Wildman–Crippen LogP) is 3.99. The fraction of sp³-hybridized carbons (Fsp3) is 0.909. The number of rotatable bonds is 10. The van der Waals surface area contributed by atoms with Crippen LogP contribution in [0.1, 0.15) is 27.7 Å². The fourth-order valence-corrected chi connectivity index (χ4v) is 8.73. The van der Waals surface area contributed by atoms with Crippen molar-refractivity contribution in [3.63, 3.8) is 0 Å². The van der Waals surface area contributed by atoms with Gasteiger partial charge in [0.15, 0.2) is 5.17 Å². The molecule has 0 bridgehead atoms. The Morgan fingerprint density at radius 2 is 1.50 bits per heavy atom. The topological polar surface area (TPSA) is 52.5 Å². The fourth-order valence-electron chi connectivity index (χ4n) is 1.73.